The summed E-state index contributed by atoms with van der Waals surface area (Å²) in [5.74, 6) is 0.712. The van der Waals surface area contributed by atoms with Crippen molar-refractivity contribution in [2.75, 3.05) is 59.7 Å². The fourth-order valence-corrected chi connectivity index (χ4v) is 4.16. The molecule has 1 atom stereocenters. The second kappa shape index (κ2) is 15.0. The zero-order chi connectivity index (χ0) is 21.8. The number of guanidine groups is 1. The van der Waals surface area contributed by atoms with E-state index in [2.05, 4.69) is 32.2 Å². The highest BCUT2D eigenvalue weighted by molar-refractivity contribution is 14.0. The van der Waals surface area contributed by atoms with Gasteiger partial charge in [0.25, 0.3) is 0 Å². The Bertz CT molecular complexity index is 773. The van der Waals surface area contributed by atoms with Crippen LogP contribution >= 0.6 is 24.0 Å². The number of nitrogens with zero attached hydrogens (tertiary/aromatic N) is 2. The van der Waals surface area contributed by atoms with E-state index in [1.807, 2.05) is 13.0 Å². The van der Waals surface area contributed by atoms with Gasteiger partial charge < -0.3 is 20.1 Å². The Morgan fingerprint density at radius 3 is 2.71 bits per heavy atom. The lowest BCUT2D eigenvalue weighted by molar-refractivity contribution is 0.0211. The molecule has 1 fully saturated rings. The highest BCUT2D eigenvalue weighted by Crippen LogP contribution is 2.12. The Balaban J connectivity index is 0.00000480. The first-order valence-electron chi connectivity index (χ1n) is 10.4. The number of hydrogen-bond acceptors (Lipinski definition) is 6. The first-order chi connectivity index (χ1) is 14.5. The van der Waals surface area contributed by atoms with Gasteiger partial charge in [0, 0.05) is 45.9 Å². The molecule has 1 saturated heterocycles. The summed E-state index contributed by atoms with van der Waals surface area (Å²) >= 11 is 0. The number of halogens is 1. The molecule has 1 aliphatic rings. The minimum Gasteiger partial charge on any atom is -0.383 e. The molecular weight excluding hydrogens is 533 g/mol. The van der Waals surface area contributed by atoms with Crippen LogP contribution in [0.2, 0.25) is 0 Å². The Morgan fingerprint density at radius 2 is 2.03 bits per heavy atom. The Hall–Kier alpha value is -0.990. The number of methoxy groups -OCH3 is 1. The predicted octanol–water partition coefficient (Wildman–Crippen LogP) is 1.01. The third kappa shape index (κ3) is 10.00. The summed E-state index contributed by atoms with van der Waals surface area (Å²) < 4.78 is 37.6. The van der Waals surface area contributed by atoms with Crippen molar-refractivity contribution < 1.29 is 17.9 Å². The fourth-order valence-electron chi connectivity index (χ4n) is 3.08. The maximum absolute atomic E-state index is 12.4. The number of morpholine rings is 1. The molecule has 0 saturated carbocycles. The predicted molar refractivity (Wildman–Crippen MR) is 134 cm³/mol. The minimum absolute atomic E-state index is 0. The number of rotatable bonds is 11. The third-order valence-electron chi connectivity index (χ3n) is 4.80. The maximum atomic E-state index is 12.4. The van der Waals surface area contributed by atoms with Crippen LogP contribution in [-0.2, 0) is 26.0 Å². The van der Waals surface area contributed by atoms with Gasteiger partial charge in [-0.3, -0.25) is 4.90 Å². The number of benzene rings is 1. The van der Waals surface area contributed by atoms with Crippen LogP contribution in [0.5, 0.6) is 0 Å². The molecular formula is C20H36IN5O4S. The second-order valence-corrected chi connectivity index (χ2v) is 8.88. The van der Waals surface area contributed by atoms with Gasteiger partial charge in [0.2, 0.25) is 10.0 Å². The number of nitrogens with one attached hydrogen (secondary N) is 3. The Labute approximate surface area is 203 Å². The zero-order valence-corrected chi connectivity index (χ0v) is 21.7. The van der Waals surface area contributed by atoms with E-state index in [9.17, 15) is 8.42 Å². The summed E-state index contributed by atoms with van der Waals surface area (Å²) in [4.78, 5) is 7.24. The SMILES string of the molecule is CCNC(=NCc1cccc(S(=O)(=O)NCCOC)c1)NCC(C)N1CCOCC1.I. The summed E-state index contributed by atoms with van der Waals surface area (Å²) in [6, 6.07) is 7.20. The van der Waals surface area contributed by atoms with Crippen molar-refractivity contribution in [3.05, 3.63) is 29.8 Å². The first kappa shape index (κ1) is 28.0. The zero-order valence-electron chi connectivity index (χ0n) is 18.6. The van der Waals surface area contributed by atoms with Crippen molar-refractivity contribution in [3.63, 3.8) is 0 Å². The highest BCUT2D eigenvalue weighted by Gasteiger charge is 2.17. The summed E-state index contributed by atoms with van der Waals surface area (Å²) in [6.45, 7) is 10.1. The van der Waals surface area contributed by atoms with Crippen molar-refractivity contribution in [1.29, 1.82) is 0 Å². The molecule has 31 heavy (non-hydrogen) atoms. The Morgan fingerprint density at radius 1 is 1.29 bits per heavy atom. The molecule has 0 bridgehead atoms. The molecule has 0 aliphatic carbocycles. The summed E-state index contributed by atoms with van der Waals surface area (Å²) in [5, 5.41) is 6.62. The van der Waals surface area contributed by atoms with Crippen LogP contribution in [0.1, 0.15) is 19.4 Å². The topological polar surface area (TPSA) is 104 Å². The molecule has 3 N–H and O–H groups in total. The monoisotopic (exact) mass is 569 g/mol. The van der Waals surface area contributed by atoms with Crippen molar-refractivity contribution in [2.24, 2.45) is 4.99 Å². The molecule has 1 unspecified atom stereocenters. The lowest BCUT2D eigenvalue weighted by atomic mass is 10.2. The third-order valence-corrected chi connectivity index (χ3v) is 6.26. The van der Waals surface area contributed by atoms with Crippen molar-refractivity contribution in [3.8, 4) is 0 Å². The van der Waals surface area contributed by atoms with E-state index in [-0.39, 0.29) is 35.4 Å². The normalized spacial score (nSPS) is 16.4. The van der Waals surface area contributed by atoms with Crippen LogP contribution in [0.25, 0.3) is 0 Å². The van der Waals surface area contributed by atoms with Gasteiger partial charge in [-0.05, 0) is 31.5 Å². The van der Waals surface area contributed by atoms with Gasteiger partial charge in [0.05, 0.1) is 31.3 Å². The molecule has 1 heterocycles. The molecule has 178 valence electrons. The lowest BCUT2D eigenvalue weighted by Gasteiger charge is -2.32. The first-order valence-corrected chi connectivity index (χ1v) is 11.9. The number of aliphatic imine (C=N–C) groups is 1. The van der Waals surface area contributed by atoms with Gasteiger partial charge >= 0.3 is 0 Å². The van der Waals surface area contributed by atoms with E-state index in [1.165, 1.54) is 7.11 Å². The summed E-state index contributed by atoms with van der Waals surface area (Å²) in [6.07, 6.45) is 0. The van der Waals surface area contributed by atoms with Gasteiger partial charge in [0.15, 0.2) is 5.96 Å². The summed E-state index contributed by atoms with van der Waals surface area (Å²) in [7, 11) is -2.03. The quantitative estimate of drug-likeness (QED) is 0.158. The van der Waals surface area contributed by atoms with E-state index in [0.29, 0.717) is 25.2 Å². The van der Waals surface area contributed by atoms with Gasteiger partial charge in [-0.1, -0.05) is 12.1 Å². The van der Waals surface area contributed by atoms with Gasteiger partial charge in [-0.15, -0.1) is 24.0 Å². The maximum Gasteiger partial charge on any atom is 0.240 e. The van der Waals surface area contributed by atoms with Crippen LogP contribution in [0.15, 0.2) is 34.2 Å². The van der Waals surface area contributed by atoms with Crippen LogP contribution in [0.3, 0.4) is 0 Å². The van der Waals surface area contributed by atoms with Gasteiger partial charge in [-0.2, -0.15) is 0 Å². The fraction of sp³-hybridized carbons (Fsp3) is 0.650. The van der Waals surface area contributed by atoms with E-state index in [0.717, 1.165) is 45.0 Å². The second-order valence-electron chi connectivity index (χ2n) is 7.11. The van der Waals surface area contributed by atoms with Crippen molar-refractivity contribution in [1.82, 2.24) is 20.3 Å². The molecule has 0 spiro atoms. The standard InChI is InChI=1S/C20H35N5O4S.HI/c1-4-21-20(22-15-17(2)25-9-12-29-13-10-25)23-16-18-6-5-7-19(14-18)30(26,27)24-8-11-28-3;/h5-7,14,17,24H,4,8-13,15-16H2,1-3H3,(H2,21,22,23);1H. The van der Waals surface area contributed by atoms with E-state index in [1.54, 1.807) is 18.2 Å². The molecule has 1 aromatic carbocycles. The summed E-state index contributed by atoms with van der Waals surface area (Å²) in [5.41, 5.74) is 0.822. The molecule has 2 rings (SSSR count). The number of hydrogen-bond donors (Lipinski definition) is 3. The molecule has 1 aliphatic heterocycles. The van der Waals surface area contributed by atoms with Gasteiger partial charge in [0.1, 0.15) is 0 Å². The van der Waals surface area contributed by atoms with Crippen LogP contribution in [0.4, 0.5) is 0 Å². The van der Waals surface area contributed by atoms with Crippen LogP contribution in [0, 0.1) is 0 Å². The smallest absolute Gasteiger partial charge is 0.240 e. The number of sulfonamides is 1. The average Bonchev–Trinajstić information content (AvgIpc) is 2.76. The number of ether oxygens (including phenoxy) is 2. The minimum atomic E-state index is -3.56. The van der Waals surface area contributed by atoms with Crippen molar-refractivity contribution >= 4 is 40.0 Å². The molecule has 0 amide bonds. The molecule has 11 heteroatoms. The average molecular weight is 570 g/mol. The Kier molecular flexibility index (Phi) is 13.5. The van der Waals surface area contributed by atoms with Crippen LogP contribution < -0.4 is 15.4 Å². The molecule has 0 aromatic heterocycles. The van der Waals surface area contributed by atoms with E-state index in [4.69, 9.17) is 9.47 Å². The van der Waals surface area contributed by atoms with E-state index < -0.39 is 10.0 Å². The van der Waals surface area contributed by atoms with Crippen LogP contribution in [-0.4, -0.2) is 85.0 Å². The highest BCUT2D eigenvalue weighted by atomic mass is 127. The van der Waals surface area contributed by atoms with E-state index >= 15 is 0 Å². The van der Waals surface area contributed by atoms with Crippen molar-refractivity contribution in [2.45, 2.75) is 31.3 Å². The molecule has 9 nitrogen and oxygen atoms in total. The molecule has 0 radical (unpaired) electrons. The molecule has 1 aromatic rings. The largest absolute Gasteiger partial charge is 0.383 e. The lowest BCUT2D eigenvalue weighted by Crippen LogP contribution is -2.49. The van der Waals surface area contributed by atoms with Gasteiger partial charge in [-0.25, -0.2) is 18.1 Å².